The Morgan fingerprint density at radius 2 is 1.91 bits per heavy atom. The number of ether oxygens (including phenoxy) is 5. The zero-order valence-electron chi connectivity index (χ0n) is 13.5. The van der Waals surface area contributed by atoms with Gasteiger partial charge in [0.25, 0.3) is 0 Å². The van der Waals surface area contributed by atoms with Crippen molar-refractivity contribution in [3.05, 3.63) is 12.7 Å². The zero-order chi connectivity index (χ0) is 16.5. The lowest BCUT2D eigenvalue weighted by molar-refractivity contribution is -0.437. The SMILES string of the molecule is C=CCOC1O[C@H](CO)[C@@H](O)[C@@H]2OC(C)(C)[C@](C)(OC)O[C@@H]12. The van der Waals surface area contributed by atoms with Crippen molar-refractivity contribution in [1.29, 1.82) is 0 Å². The third-order valence-electron chi connectivity index (χ3n) is 4.45. The summed E-state index contributed by atoms with van der Waals surface area (Å²) in [5.41, 5.74) is -0.801. The maximum Gasteiger partial charge on any atom is 0.194 e. The maximum atomic E-state index is 10.4. The summed E-state index contributed by atoms with van der Waals surface area (Å²) in [4.78, 5) is 0. The summed E-state index contributed by atoms with van der Waals surface area (Å²) < 4.78 is 28.7. The maximum absolute atomic E-state index is 10.4. The molecule has 0 aromatic rings. The second-order valence-electron chi connectivity index (χ2n) is 6.16. The van der Waals surface area contributed by atoms with Crippen molar-refractivity contribution in [2.45, 2.75) is 62.9 Å². The summed E-state index contributed by atoms with van der Waals surface area (Å²) in [7, 11) is 1.53. The van der Waals surface area contributed by atoms with Crippen LogP contribution in [0.4, 0.5) is 0 Å². The van der Waals surface area contributed by atoms with E-state index in [4.69, 9.17) is 23.7 Å². The topological polar surface area (TPSA) is 86.6 Å². The Balaban J connectivity index is 2.28. The molecule has 0 aromatic carbocycles. The first-order valence-corrected chi connectivity index (χ1v) is 7.37. The van der Waals surface area contributed by atoms with E-state index in [-0.39, 0.29) is 13.2 Å². The van der Waals surface area contributed by atoms with Crippen LogP contribution in [0.15, 0.2) is 12.7 Å². The first-order chi connectivity index (χ1) is 10.3. The Labute approximate surface area is 130 Å². The molecule has 0 radical (unpaired) electrons. The van der Waals surface area contributed by atoms with Crippen LogP contribution in [0, 0.1) is 0 Å². The Hall–Kier alpha value is -0.540. The van der Waals surface area contributed by atoms with Gasteiger partial charge in [0.2, 0.25) is 0 Å². The highest BCUT2D eigenvalue weighted by molar-refractivity contribution is 5.01. The number of aliphatic hydroxyl groups is 2. The molecule has 7 heteroatoms. The molecule has 2 heterocycles. The van der Waals surface area contributed by atoms with Crippen molar-refractivity contribution in [2.75, 3.05) is 20.3 Å². The highest BCUT2D eigenvalue weighted by atomic mass is 16.8. The van der Waals surface area contributed by atoms with Crippen LogP contribution >= 0.6 is 0 Å². The van der Waals surface area contributed by atoms with Gasteiger partial charge in [-0.2, -0.15) is 0 Å². The number of fused-ring (bicyclic) bond motifs is 1. The average Bonchev–Trinajstić information content (AvgIpc) is 2.48. The largest absolute Gasteiger partial charge is 0.394 e. The molecular weight excluding hydrogens is 292 g/mol. The van der Waals surface area contributed by atoms with E-state index in [1.165, 1.54) is 7.11 Å². The highest BCUT2D eigenvalue weighted by Crippen LogP contribution is 2.43. The van der Waals surface area contributed by atoms with E-state index in [1.54, 1.807) is 13.0 Å². The van der Waals surface area contributed by atoms with Crippen molar-refractivity contribution in [3.63, 3.8) is 0 Å². The monoisotopic (exact) mass is 318 g/mol. The van der Waals surface area contributed by atoms with Crippen LogP contribution in [0.25, 0.3) is 0 Å². The Bertz CT molecular complexity index is 399. The quantitative estimate of drug-likeness (QED) is 0.700. The molecule has 7 nitrogen and oxygen atoms in total. The summed E-state index contributed by atoms with van der Waals surface area (Å²) in [5, 5.41) is 19.8. The van der Waals surface area contributed by atoms with E-state index in [9.17, 15) is 10.2 Å². The minimum absolute atomic E-state index is 0.249. The summed E-state index contributed by atoms with van der Waals surface area (Å²) in [6, 6.07) is 0. The van der Waals surface area contributed by atoms with Gasteiger partial charge in [-0.25, -0.2) is 0 Å². The molecule has 2 rings (SSSR count). The molecule has 2 N–H and O–H groups in total. The van der Waals surface area contributed by atoms with E-state index >= 15 is 0 Å². The van der Waals surface area contributed by atoms with Gasteiger partial charge in [0.1, 0.15) is 30.0 Å². The molecule has 2 fully saturated rings. The number of rotatable bonds is 5. The van der Waals surface area contributed by atoms with Crippen molar-refractivity contribution >= 4 is 0 Å². The molecule has 0 bridgehead atoms. The smallest absolute Gasteiger partial charge is 0.194 e. The lowest BCUT2D eigenvalue weighted by atomic mass is 9.90. The molecule has 0 saturated carbocycles. The third kappa shape index (κ3) is 2.94. The van der Waals surface area contributed by atoms with Crippen LogP contribution in [0.1, 0.15) is 20.8 Å². The van der Waals surface area contributed by atoms with Gasteiger partial charge in [0.05, 0.1) is 13.2 Å². The van der Waals surface area contributed by atoms with Gasteiger partial charge in [-0.15, -0.1) is 6.58 Å². The van der Waals surface area contributed by atoms with Gasteiger partial charge in [-0.1, -0.05) is 6.08 Å². The van der Waals surface area contributed by atoms with Crippen molar-refractivity contribution in [2.24, 2.45) is 0 Å². The molecule has 6 atom stereocenters. The Morgan fingerprint density at radius 1 is 1.23 bits per heavy atom. The second-order valence-corrected chi connectivity index (χ2v) is 6.16. The molecule has 1 unspecified atom stereocenters. The molecule has 0 amide bonds. The van der Waals surface area contributed by atoms with Crippen LogP contribution < -0.4 is 0 Å². The van der Waals surface area contributed by atoms with Crippen LogP contribution in [-0.4, -0.2) is 72.6 Å². The fourth-order valence-electron chi connectivity index (χ4n) is 2.74. The first kappa shape index (κ1) is 17.8. The Kier molecular flexibility index (Phi) is 5.28. The van der Waals surface area contributed by atoms with Crippen LogP contribution in [-0.2, 0) is 23.7 Å². The molecule has 2 saturated heterocycles. The second kappa shape index (κ2) is 6.52. The predicted molar refractivity (Wildman–Crippen MR) is 77.1 cm³/mol. The molecule has 0 spiro atoms. The van der Waals surface area contributed by atoms with Gasteiger partial charge < -0.3 is 33.9 Å². The molecule has 22 heavy (non-hydrogen) atoms. The molecule has 2 aliphatic rings. The van der Waals surface area contributed by atoms with Crippen LogP contribution in [0.3, 0.4) is 0 Å². The normalized spacial score (nSPS) is 44.4. The zero-order valence-corrected chi connectivity index (χ0v) is 13.5. The van der Waals surface area contributed by atoms with Crippen molar-refractivity contribution < 1.29 is 33.9 Å². The standard InChI is InChI=1S/C15H26O7/c1-6-7-19-13-12-11(10(17)9(8-16)20-13)21-14(2,3)15(4,18-5)22-12/h6,9-13,16-17H,1,7-8H2,2-5H3/t9-,10-,11+,12-,13?,15-/m1/s1. The van der Waals surface area contributed by atoms with Crippen molar-refractivity contribution in [1.82, 2.24) is 0 Å². The molecule has 0 aromatic heterocycles. The van der Waals surface area contributed by atoms with E-state index in [1.807, 2.05) is 13.8 Å². The molecule has 2 aliphatic heterocycles. The van der Waals surface area contributed by atoms with Crippen molar-refractivity contribution in [3.8, 4) is 0 Å². The number of aliphatic hydroxyl groups excluding tert-OH is 2. The lowest BCUT2D eigenvalue weighted by Crippen LogP contribution is -2.71. The van der Waals surface area contributed by atoms with E-state index in [2.05, 4.69) is 6.58 Å². The summed E-state index contributed by atoms with van der Waals surface area (Å²) in [5.74, 6) is -1.03. The van der Waals surface area contributed by atoms with E-state index in [0.29, 0.717) is 0 Å². The van der Waals surface area contributed by atoms with Gasteiger partial charge in [0, 0.05) is 7.11 Å². The highest BCUT2D eigenvalue weighted by Gasteiger charge is 2.59. The molecular formula is C15H26O7. The molecule has 0 aliphatic carbocycles. The van der Waals surface area contributed by atoms with E-state index < -0.39 is 42.1 Å². The summed E-state index contributed by atoms with van der Waals surface area (Å²) >= 11 is 0. The summed E-state index contributed by atoms with van der Waals surface area (Å²) in [6.07, 6.45) is -2.43. The third-order valence-corrected chi connectivity index (χ3v) is 4.45. The predicted octanol–water partition coefficient (Wildman–Crippen LogP) is 0.192. The van der Waals surface area contributed by atoms with E-state index in [0.717, 1.165) is 0 Å². The first-order valence-electron chi connectivity index (χ1n) is 7.37. The van der Waals surface area contributed by atoms with Crippen LogP contribution in [0.5, 0.6) is 0 Å². The average molecular weight is 318 g/mol. The minimum atomic E-state index is -1.03. The fourth-order valence-corrected chi connectivity index (χ4v) is 2.74. The Morgan fingerprint density at radius 3 is 2.45 bits per heavy atom. The number of hydrogen-bond acceptors (Lipinski definition) is 7. The number of hydrogen-bond donors (Lipinski definition) is 2. The number of methoxy groups -OCH3 is 1. The lowest BCUT2D eigenvalue weighted by Gasteiger charge is -2.56. The van der Waals surface area contributed by atoms with Gasteiger partial charge in [0.15, 0.2) is 12.1 Å². The minimum Gasteiger partial charge on any atom is -0.394 e. The fraction of sp³-hybridized carbons (Fsp3) is 0.867. The summed E-state index contributed by atoms with van der Waals surface area (Å²) in [6.45, 7) is 8.91. The van der Waals surface area contributed by atoms with Crippen LogP contribution in [0.2, 0.25) is 0 Å². The van der Waals surface area contributed by atoms with Gasteiger partial charge >= 0.3 is 0 Å². The van der Waals surface area contributed by atoms with Gasteiger partial charge in [-0.05, 0) is 20.8 Å². The molecule has 128 valence electrons. The van der Waals surface area contributed by atoms with Gasteiger partial charge in [-0.3, -0.25) is 0 Å².